The second-order valence-corrected chi connectivity index (χ2v) is 8.76. The molecule has 2 nitrogen and oxygen atoms in total. The standard InChI is InChI=1S/C29H20F8N2/c1-2-3-4-16-14-38-28(39-15-16)17-5-6-20(22(30)9-17)18-10-25(33)27(26(34)11-18)19-12-23(31)21(24(32)13-19)7-8-29(35,36)37/h5-15H,2-4H2,1H3. The van der Waals surface area contributed by atoms with E-state index in [2.05, 4.69) is 16.9 Å². The largest absolute Gasteiger partial charge is 0.409 e. The smallest absolute Gasteiger partial charge is 0.236 e. The van der Waals surface area contributed by atoms with Crippen molar-refractivity contribution in [2.45, 2.75) is 32.4 Å². The number of hydrogen-bond donors (Lipinski definition) is 0. The molecular formula is C29H20F8N2. The third-order valence-electron chi connectivity index (χ3n) is 5.91. The lowest BCUT2D eigenvalue weighted by Gasteiger charge is -2.12. The second-order valence-electron chi connectivity index (χ2n) is 8.76. The van der Waals surface area contributed by atoms with Gasteiger partial charge in [0.05, 0.1) is 5.56 Å². The molecule has 0 bridgehead atoms. The van der Waals surface area contributed by atoms with Gasteiger partial charge in [-0.05, 0) is 65.9 Å². The Kier molecular flexibility index (Phi) is 8.13. The van der Waals surface area contributed by atoms with Crippen molar-refractivity contribution in [2.24, 2.45) is 0 Å². The molecule has 0 unspecified atom stereocenters. The zero-order chi connectivity index (χ0) is 28.3. The van der Waals surface area contributed by atoms with E-state index in [9.17, 15) is 35.1 Å². The number of aryl methyl sites for hydroxylation is 1. The van der Waals surface area contributed by atoms with E-state index in [-0.39, 0.29) is 29.1 Å². The molecule has 10 heteroatoms. The first-order valence-electron chi connectivity index (χ1n) is 11.8. The van der Waals surface area contributed by atoms with E-state index in [0.717, 1.165) is 43.0 Å². The van der Waals surface area contributed by atoms with Crippen LogP contribution in [0.4, 0.5) is 35.1 Å². The lowest BCUT2D eigenvalue weighted by Crippen LogP contribution is -2.01. The fraction of sp³-hybridized carbons (Fsp3) is 0.172. The number of allylic oxidation sites excluding steroid dienone is 1. The van der Waals surface area contributed by atoms with Crippen LogP contribution in [0.25, 0.3) is 39.7 Å². The van der Waals surface area contributed by atoms with E-state index in [4.69, 9.17) is 0 Å². The minimum Gasteiger partial charge on any atom is -0.236 e. The van der Waals surface area contributed by atoms with Crippen LogP contribution in [0.3, 0.4) is 0 Å². The van der Waals surface area contributed by atoms with Gasteiger partial charge < -0.3 is 0 Å². The van der Waals surface area contributed by atoms with Gasteiger partial charge in [-0.3, -0.25) is 0 Å². The molecule has 0 fully saturated rings. The summed E-state index contributed by atoms with van der Waals surface area (Å²) in [5.74, 6) is -5.94. The van der Waals surface area contributed by atoms with Gasteiger partial charge in [0.2, 0.25) is 0 Å². The quantitative estimate of drug-likeness (QED) is 0.215. The van der Waals surface area contributed by atoms with Crippen molar-refractivity contribution in [1.29, 1.82) is 0 Å². The number of unbranched alkanes of at least 4 members (excludes halogenated alkanes) is 1. The van der Waals surface area contributed by atoms with Crippen LogP contribution in [0.15, 0.2) is 60.9 Å². The van der Waals surface area contributed by atoms with Gasteiger partial charge in [-0.2, -0.15) is 13.2 Å². The van der Waals surface area contributed by atoms with Crippen LogP contribution < -0.4 is 0 Å². The predicted octanol–water partition coefficient (Wildman–Crippen LogP) is 9.09. The number of alkyl halides is 3. The number of benzene rings is 3. The third kappa shape index (κ3) is 6.50. The number of aromatic nitrogens is 2. The SMILES string of the molecule is CCCCc1cnc(-c2ccc(-c3cc(F)c(-c4cc(F)c(C=CC(F)(F)F)c(F)c4)c(F)c3)c(F)c2)nc1. The van der Waals surface area contributed by atoms with Gasteiger partial charge in [0.15, 0.2) is 5.82 Å². The van der Waals surface area contributed by atoms with Gasteiger partial charge in [0.1, 0.15) is 29.1 Å². The Morgan fingerprint density at radius 2 is 1.28 bits per heavy atom. The zero-order valence-corrected chi connectivity index (χ0v) is 20.4. The molecule has 4 aromatic rings. The average molecular weight is 548 g/mol. The molecule has 202 valence electrons. The van der Waals surface area contributed by atoms with E-state index in [1.165, 1.54) is 12.1 Å². The van der Waals surface area contributed by atoms with Crippen LogP contribution in [0.2, 0.25) is 0 Å². The summed E-state index contributed by atoms with van der Waals surface area (Å²) in [6.45, 7) is 2.06. The molecule has 0 amide bonds. The topological polar surface area (TPSA) is 25.8 Å². The number of rotatable bonds is 7. The molecule has 0 aliphatic rings. The molecule has 0 saturated heterocycles. The molecular weight excluding hydrogens is 528 g/mol. The van der Waals surface area contributed by atoms with Crippen LogP contribution >= 0.6 is 0 Å². The molecule has 39 heavy (non-hydrogen) atoms. The highest BCUT2D eigenvalue weighted by Crippen LogP contribution is 2.35. The predicted molar refractivity (Wildman–Crippen MR) is 132 cm³/mol. The second kappa shape index (κ2) is 11.3. The molecule has 0 saturated carbocycles. The van der Waals surface area contributed by atoms with Gasteiger partial charge in [-0.25, -0.2) is 31.9 Å². The maximum Gasteiger partial charge on any atom is 0.409 e. The molecule has 0 aliphatic heterocycles. The third-order valence-corrected chi connectivity index (χ3v) is 5.91. The lowest BCUT2D eigenvalue weighted by molar-refractivity contribution is -0.0790. The van der Waals surface area contributed by atoms with E-state index in [0.29, 0.717) is 17.7 Å². The Morgan fingerprint density at radius 1 is 0.718 bits per heavy atom. The molecule has 3 aromatic carbocycles. The summed E-state index contributed by atoms with van der Waals surface area (Å²) in [5.41, 5.74) is -1.46. The Bertz CT molecular complexity index is 1480. The fourth-order valence-corrected chi connectivity index (χ4v) is 3.97. The maximum absolute atomic E-state index is 15.0. The van der Waals surface area contributed by atoms with Crippen LogP contribution in [0.1, 0.15) is 30.9 Å². The molecule has 4 rings (SSSR count). The first kappa shape index (κ1) is 27.9. The van der Waals surface area contributed by atoms with Crippen molar-refractivity contribution in [1.82, 2.24) is 9.97 Å². The number of hydrogen-bond acceptors (Lipinski definition) is 2. The number of halogens is 8. The van der Waals surface area contributed by atoms with Crippen molar-refractivity contribution in [3.63, 3.8) is 0 Å². The zero-order valence-electron chi connectivity index (χ0n) is 20.4. The average Bonchev–Trinajstić information content (AvgIpc) is 2.86. The van der Waals surface area contributed by atoms with Crippen molar-refractivity contribution in [3.05, 3.63) is 101 Å². The first-order chi connectivity index (χ1) is 18.5. The molecule has 0 atom stereocenters. The Balaban J connectivity index is 1.64. The van der Waals surface area contributed by atoms with Crippen molar-refractivity contribution in [2.75, 3.05) is 0 Å². The minimum absolute atomic E-state index is 0.146. The maximum atomic E-state index is 15.0. The van der Waals surface area contributed by atoms with Crippen molar-refractivity contribution in [3.8, 4) is 33.6 Å². The van der Waals surface area contributed by atoms with Crippen LogP contribution in [0, 0.1) is 29.1 Å². The summed E-state index contributed by atoms with van der Waals surface area (Å²) in [4.78, 5) is 8.49. The fourth-order valence-electron chi connectivity index (χ4n) is 3.97. The Hall–Kier alpha value is -4.08. The molecule has 1 heterocycles. The van der Waals surface area contributed by atoms with E-state index >= 15 is 0 Å². The molecule has 1 aromatic heterocycles. The first-order valence-corrected chi connectivity index (χ1v) is 11.8. The summed E-state index contributed by atoms with van der Waals surface area (Å²) in [6, 6.07) is 6.53. The summed E-state index contributed by atoms with van der Waals surface area (Å²) in [6.07, 6.45) is 1.12. The van der Waals surface area contributed by atoms with Gasteiger partial charge in [0, 0.05) is 35.2 Å². The number of nitrogens with zero attached hydrogens (tertiary/aromatic N) is 2. The minimum atomic E-state index is -4.81. The summed E-state index contributed by atoms with van der Waals surface area (Å²) in [5, 5.41) is 0. The Labute approximate surface area is 218 Å². The molecule has 0 radical (unpaired) electrons. The normalized spacial score (nSPS) is 11.9. The van der Waals surface area contributed by atoms with Crippen LogP contribution in [0.5, 0.6) is 0 Å². The summed E-state index contributed by atoms with van der Waals surface area (Å²) in [7, 11) is 0. The highest BCUT2D eigenvalue weighted by Gasteiger charge is 2.24. The van der Waals surface area contributed by atoms with Gasteiger partial charge in [0.25, 0.3) is 0 Å². The van der Waals surface area contributed by atoms with Crippen molar-refractivity contribution < 1.29 is 35.1 Å². The van der Waals surface area contributed by atoms with Gasteiger partial charge >= 0.3 is 6.18 Å². The molecule has 0 aliphatic carbocycles. The van der Waals surface area contributed by atoms with Crippen LogP contribution in [-0.4, -0.2) is 16.1 Å². The van der Waals surface area contributed by atoms with Gasteiger partial charge in [-0.15, -0.1) is 0 Å². The van der Waals surface area contributed by atoms with E-state index < -0.39 is 52.0 Å². The van der Waals surface area contributed by atoms with E-state index in [1.54, 1.807) is 12.4 Å². The summed E-state index contributed by atoms with van der Waals surface area (Å²) >= 11 is 0. The van der Waals surface area contributed by atoms with E-state index in [1.807, 2.05) is 0 Å². The monoisotopic (exact) mass is 548 g/mol. The van der Waals surface area contributed by atoms with Crippen molar-refractivity contribution >= 4 is 6.08 Å². The highest BCUT2D eigenvalue weighted by atomic mass is 19.4. The Morgan fingerprint density at radius 3 is 1.82 bits per heavy atom. The van der Waals surface area contributed by atoms with Crippen LogP contribution in [-0.2, 0) is 6.42 Å². The lowest BCUT2D eigenvalue weighted by atomic mass is 9.96. The summed E-state index contributed by atoms with van der Waals surface area (Å²) < 4.78 is 111. The highest BCUT2D eigenvalue weighted by molar-refractivity contribution is 5.74. The molecule has 0 N–H and O–H groups in total. The van der Waals surface area contributed by atoms with Gasteiger partial charge in [-0.1, -0.05) is 25.5 Å². The molecule has 0 spiro atoms.